The van der Waals surface area contributed by atoms with Crippen molar-refractivity contribution in [2.24, 2.45) is 11.8 Å². The first-order chi connectivity index (χ1) is 11.1. The zero-order valence-corrected chi connectivity index (χ0v) is 12.3. The summed E-state index contributed by atoms with van der Waals surface area (Å²) in [6.07, 6.45) is 2.19. The summed E-state index contributed by atoms with van der Waals surface area (Å²) < 4.78 is 12.8. The topological polar surface area (TPSA) is 71.1 Å². The minimum Gasteiger partial charge on any atom is -0.350 e. The molecule has 0 saturated heterocycles. The van der Waals surface area contributed by atoms with Gasteiger partial charge in [0.1, 0.15) is 5.82 Å². The molecule has 1 aliphatic carbocycles. The van der Waals surface area contributed by atoms with E-state index in [9.17, 15) is 14.0 Å². The largest absolute Gasteiger partial charge is 0.350 e. The summed E-state index contributed by atoms with van der Waals surface area (Å²) in [6.45, 7) is 0.350. The van der Waals surface area contributed by atoms with Crippen molar-refractivity contribution in [1.29, 1.82) is 0 Å². The van der Waals surface area contributed by atoms with Crippen LogP contribution < -0.4 is 10.6 Å². The van der Waals surface area contributed by atoms with Gasteiger partial charge in [0, 0.05) is 11.9 Å². The molecule has 2 unspecified atom stereocenters. The van der Waals surface area contributed by atoms with E-state index < -0.39 is 0 Å². The number of amides is 2. The van der Waals surface area contributed by atoms with E-state index in [0.717, 1.165) is 5.69 Å². The first-order valence-electron chi connectivity index (χ1n) is 7.37. The predicted molar refractivity (Wildman–Crippen MR) is 82.7 cm³/mol. The molecule has 1 fully saturated rings. The molecule has 6 heteroatoms. The summed E-state index contributed by atoms with van der Waals surface area (Å²) in [5.41, 5.74) is 1.30. The zero-order valence-electron chi connectivity index (χ0n) is 12.3. The lowest BCUT2D eigenvalue weighted by Crippen LogP contribution is -2.27. The average Bonchev–Trinajstić information content (AvgIpc) is 3.36. The van der Waals surface area contributed by atoms with Gasteiger partial charge < -0.3 is 10.6 Å². The lowest BCUT2D eigenvalue weighted by atomic mass is 10.2. The van der Waals surface area contributed by atoms with Gasteiger partial charge in [-0.1, -0.05) is 6.07 Å². The Morgan fingerprint density at radius 3 is 2.52 bits per heavy atom. The monoisotopic (exact) mass is 313 g/mol. The first-order valence-corrected chi connectivity index (χ1v) is 7.37. The van der Waals surface area contributed by atoms with Crippen LogP contribution in [0.1, 0.15) is 12.1 Å². The van der Waals surface area contributed by atoms with Crippen molar-refractivity contribution in [2.45, 2.75) is 13.0 Å². The Kier molecular flexibility index (Phi) is 4.32. The highest BCUT2D eigenvalue weighted by molar-refractivity contribution is 5.99. The van der Waals surface area contributed by atoms with Gasteiger partial charge in [0.25, 0.3) is 0 Å². The van der Waals surface area contributed by atoms with Gasteiger partial charge in [-0.15, -0.1) is 0 Å². The Balaban J connectivity index is 1.47. The Morgan fingerprint density at radius 2 is 1.83 bits per heavy atom. The second-order valence-corrected chi connectivity index (χ2v) is 5.48. The maximum atomic E-state index is 12.8. The van der Waals surface area contributed by atoms with Crippen LogP contribution in [-0.2, 0) is 16.1 Å². The summed E-state index contributed by atoms with van der Waals surface area (Å²) in [5.74, 6) is -1.35. The van der Waals surface area contributed by atoms with Crippen LogP contribution in [0.15, 0.2) is 48.7 Å². The van der Waals surface area contributed by atoms with E-state index in [0.29, 0.717) is 18.7 Å². The van der Waals surface area contributed by atoms with Crippen molar-refractivity contribution in [2.75, 3.05) is 5.32 Å². The molecule has 0 radical (unpaired) electrons. The van der Waals surface area contributed by atoms with E-state index in [1.165, 1.54) is 24.3 Å². The third-order valence-electron chi connectivity index (χ3n) is 3.75. The van der Waals surface area contributed by atoms with E-state index >= 15 is 0 Å². The molecule has 23 heavy (non-hydrogen) atoms. The predicted octanol–water partition coefficient (Wildman–Crippen LogP) is 2.11. The number of anilines is 1. The van der Waals surface area contributed by atoms with Gasteiger partial charge in [-0.2, -0.15) is 0 Å². The Bertz CT molecular complexity index is 704. The van der Waals surface area contributed by atoms with Crippen LogP contribution in [0.2, 0.25) is 0 Å². The average molecular weight is 313 g/mol. The molecule has 2 aromatic rings. The highest BCUT2D eigenvalue weighted by atomic mass is 19.1. The molecule has 2 atom stereocenters. The fraction of sp³-hybridized carbons (Fsp3) is 0.235. The number of pyridine rings is 1. The van der Waals surface area contributed by atoms with Gasteiger partial charge >= 0.3 is 0 Å². The lowest BCUT2D eigenvalue weighted by Gasteiger charge is -2.06. The minimum atomic E-state index is -0.360. The second-order valence-electron chi connectivity index (χ2n) is 5.48. The molecular weight excluding hydrogens is 297 g/mol. The van der Waals surface area contributed by atoms with Crippen molar-refractivity contribution in [3.05, 3.63) is 60.2 Å². The summed E-state index contributed by atoms with van der Waals surface area (Å²) in [4.78, 5) is 28.2. The standard InChI is InChI=1S/C17H16FN3O2/c18-11-4-6-12(7-5-11)21-17(23)15-9-14(15)16(22)20-10-13-3-1-2-8-19-13/h1-8,14-15H,9-10H2,(H,20,22)(H,21,23). The molecule has 0 bridgehead atoms. The highest BCUT2D eigenvalue weighted by Gasteiger charge is 2.47. The van der Waals surface area contributed by atoms with Crippen LogP contribution in [0.3, 0.4) is 0 Å². The third-order valence-corrected chi connectivity index (χ3v) is 3.75. The number of carbonyl (C=O) groups is 2. The number of carbonyl (C=O) groups excluding carboxylic acids is 2. The summed E-state index contributed by atoms with van der Waals surface area (Å²) in [6, 6.07) is 11.0. The van der Waals surface area contributed by atoms with Gasteiger partial charge in [-0.25, -0.2) is 4.39 Å². The van der Waals surface area contributed by atoms with Crippen molar-refractivity contribution in [3.63, 3.8) is 0 Å². The van der Waals surface area contributed by atoms with Crippen LogP contribution in [0.25, 0.3) is 0 Å². The fourth-order valence-corrected chi connectivity index (χ4v) is 2.35. The van der Waals surface area contributed by atoms with Crippen molar-refractivity contribution in [3.8, 4) is 0 Å². The van der Waals surface area contributed by atoms with Gasteiger partial charge in [0.05, 0.1) is 24.1 Å². The van der Waals surface area contributed by atoms with Gasteiger partial charge in [-0.05, 0) is 42.8 Å². The maximum absolute atomic E-state index is 12.8. The summed E-state index contributed by atoms with van der Waals surface area (Å²) in [7, 11) is 0. The number of hydrogen-bond donors (Lipinski definition) is 2. The Labute approximate surface area is 132 Å². The van der Waals surface area contributed by atoms with E-state index in [1.54, 1.807) is 6.20 Å². The van der Waals surface area contributed by atoms with E-state index in [1.807, 2.05) is 18.2 Å². The molecule has 118 valence electrons. The number of aromatic nitrogens is 1. The maximum Gasteiger partial charge on any atom is 0.228 e. The normalized spacial score (nSPS) is 19.0. The number of hydrogen-bond acceptors (Lipinski definition) is 3. The van der Waals surface area contributed by atoms with E-state index in [-0.39, 0.29) is 29.5 Å². The number of benzene rings is 1. The van der Waals surface area contributed by atoms with Crippen molar-refractivity contribution in [1.82, 2.24) is 10.3 Å². The first kappa shape index (κ1) is 15.1. The van der Waals surface area contributed by atoms with Crippen LogP contribution in [-0.4, -0.2) is 16.8 Å². The van der Waals surface area contributed by atoms with Gasteiger partial charge in [0.15, 0.2) is 0 Å². The molecule has 1 heterocycles. The van der Waals surface area contributed by atoms with Crippen molar-refractivity contribution < 1.29 is 14.0 Å². The second kappa shape index (κ2) is 6.56. The molecule has 0 aliphatic heterocycles. The number of nitrogens with zero attached hydrogens (tertiary/aromatic N) is 1. The summed E-state index contributed by atoms with van der Waals surface area (Å²) in [5, 5.41) is 5.48. The van der Waals surface area contributed by atoms with Crippen LogP contribution in [0, 0.1) is 17.7 Å². The quantitative estimate of drug-likeness (QED) is 0.888. The van der Waals surface area contributed by atoms with Gasteiger partial charge in [0.2, 0.25) is 11.8 Å². The molecule has 2 amide bonds. The van der Waals surface area contributed by atoms with Crippen LogP contribution in [0.4, 0.5) is 10.1 Å². The van der Waals surface area contributed by atoms with Crippen molar-refractivity contribution >= 4 is 17.5 Å². The molecule has 2 N–H and O–H groups in total. The molecule has 3 rings (SSSR count). The number of rotatable bonds is 5. The lowest BCUT2D eigenvalue weighted by molar-refractivity contribution is -0.125. The number of nitrogens with one attached hydrogen (secondary N) is 2. The van der Waals surface area contributed by atoms with Crippen LogP contribution in [0.5, 0.6) is 0 Å². The molecule has 1 aromatic carbocycles. The zero-order chi connectivity index (χ0) is 16.2. The van der Waals surface area contributed by atoms with Crippen LogP contribution >= 0.6 is 0 Å². The third kappa shape index (κ3) is 3.91. The molecule has 1 aliphatic rings. The summed E-state index contributed by atoms with van der Waals surface area (Å²) >= 11 is 0. The smallest absolute Gasteiger partial charge is 0.228 e. The minimum absolute atomic E-state index is 0.144. The van der Waals surface area contributed by atoms with E-state index in [4.69, 9.17) is 0 Å². The molecule has 0 spiro atoms. The SMILES string of the molecule is O=C(NCc1ccccn1)C1CC1C(=O)Nc1ccc(F)cc1. The van der Waals surface area contributed by atoms with E-state index in [2.05, 4.69) is 15.6 Å². The number of halogens is 1. The highest BCUT2D eigenvalue weighted by Crippen LogP contribution is 2.39. The molecule has 1 saturated carbocycles. The molecule has 5 nitrogen and oxygen atoms in total. The van der Waals surface area contributed by atoms with Gasteiger partial charge in [-0.3, -0.25) is 14.6 Å². The Hall–Kier alpha value is -2.76. The molecular formula is C17H16FN3O2. The molecule has 1 aromatic heterocycles. The Morgan fingerprint density at radius 1 is 1.09 bits per heavy atom. The fourth-order valence-electron chi connectivity index (χ4n) is 2.35.